The fourth-order valence-electron chi connectivity index (χ4n) is 3.99. The van der Waals surface area contributed by atoms with Gasteiger partial charge in [0, 0.05) is 19.5 Å². The van der Waals surface area contributed by atoms with Crippen molar-refractivity contribution < 1.29 is 28.3 Å². The van der Waals surface area contributed by atoms with Crippen molar-refractivity contribution in [1.29, 1.82) is 0 Å². The summed E-state index contributed by atoms with van der Waals surface area (Å²) in [5, 5.41) is 23.3. The number of sulfonamides is 1. The van der Waals surface area contributed by atoms with E-state index in [0.29, 0.717) is 12.4 Å². The van der Waals surface area contributed by atoms with Crippen LogP contribution >= 0.6 is 0 Å². The molecule has 0 bridgehead atoms. The maximum absolute atomic E-state index is 13.3. The first-order valence-corrected chi connectivity index (χ1v) is 12.9. The van der Waals surface area contributed by atoms with Crippen molar-refractivity contribution in [2.45, 2.75) is 55.8 Å². The average Bonchev–Trinajstić information content (AvgIpc) is 2.85. The summed E-state index contributed by atoms with van der Waals surface area (Å²) in [5.74, 6) is -0.364. The Bertz CT molecular complexity index is 1030. The fraction of sp³-hybridized carbons (Fsp3) is 0.458. The Morgan fingerprint density at radius 1 is 1.18 bits per heavy atom. The Kier molecular flexibility index (Phi) is 9.03. The van der Waals surface area contributed by atoms with E-state index in [-0.39, 0.29) is 30.8 Å². The normalized spacial score (nSPS) is 21.2. The number of benzene rings is 2. The molecule has 0 aliphatic carbocycles. The summed E-state index contributed by atoms with van der Waals surface area (Å²) >= 11 is 0. The molecule has 2 aromatic carbocycles. The van der Waals surface area contributed by atoms with E-state index in [0.717, 1.165) is 29.3 Å². The Balaban J connectivity index is 1.71. The van der Waals surface area contributed by atoms with E-state index in [2.05, 4.69) is 12.2 Å². The summed E-state index contributed by atoms with van der Waals surface area (Å²) < 4.78 is 33.4. The number of unbranched alkanes of at least 4 members (excludes halogenated alkanes) is 1. The number of nitrogens with one attached hydrogen (secondary N) is 2. The third kappa shape index (κ3) is 6.55. The van der Waals surface area contributed by atoms with E-state index in [4.69, 9.17) is 4.74 Å². The number of hydroxylamine groups is 1. The molecule has 1 fully saturated rings. The fourth-order valence-corrected chi connectivity index (χ4v) is 5.58. The number of aliphatic hydroxyl groups is 1. The molecule has 3 rings (SSSR count). The predicted molar refractivity (Wildman–Crippen MR) is 127 cm³/mol. The van der Waals surface area contributed by atoms with Crippen LogP contribution in [-0.2, 0) is 21.4 Å². The van der Waals surface area contributed by atoms with Gasteiger partial charge in [-0.2, -0.15) is 4.31 Å². The van der Waals surface area contributed by atoms with Gasteiger partial charge in [0.2, 0.25) is 10.0 Å². The Morgan fingerprint density at radius 3 is 2.53 bits per heavy atom. The van der Waals surface area contributed by atoms with Crippen molar-refractivity contribution in [3.05, 3.63) is 60.2 Å². The number of ether oxygens (including phenoxy) is 1. The molecule has 0 radical (unpaired) electrons. The molecule has 0 aromatic heterocycles. The SMILES string of the molecule is CCCCNC[C@]1(O)CCN(S(=O)(=O)c2ccc(OCc3ccccc3)cc2)[C@@H](C(=O)NO)C1. The standard InChI is InChI=1S/C24H33N3O6S/c1-2-3-14-25-18-24(29)13-15-27(22(16-24)23(28)26-30)34(31,32)21-11-9-20(10-12-21)33-17-19-7-5-4-6-8-19/h4-12,22,25,29-30H,2-3,13-18H2,1H3,(H,26,28)/t22-,24+/m1/s1. The number of hydrogen-bond acceptors (Lipinski definition) is 7. The molecule has 1 saturated heterocycles. The average molecular weight is 492 g/mol. The quantitative estimate of drug-likeness (QED) is 0.215. The molecular weight excluding hydrogens is 458 g/mol. The highest BCUT2D eigenvalue weighted by molar-refractivity contribution is 7.89. The molecule has 4 N–H and O–H groups in total. The summed E-state index contributed by atoms with van der Waals surface area (Å²) in [6.45, 7) is 3.31. The van der Waals surface area contributed by atoms with Gasteiger partial charge in [0.25, 0.3) is 5.91 Å². The second kappa shape index (κ2) is 11.8. The molecule has 186 valence electrons. The minimum Gasteiger partial charge on any atom is -0.489 e. The van der Waals surface area contributed by atoms with Gasteiger partial charge in [0.1, 0.15) is 18.4 Å². The van der Waals surface area contributed by atoms with Crippen LogP contribution in [0.15, 0.2) is 59.5 Å². The maximum atomic E-state index is 13.3. The Labute approximate surface area is 200 Å². The van der Waals surface area contributed by atoms with Gasteiger partial charge < -0.3 is 15.2 Å². The molecule has 1 aliphatic heterocycles. The lowest BCUT2D eigenvalue weighted by atomic mass is 9.87. The van der Waals surface area contributed by atoms with Crippen molar-refractivity contribution in [2.24, 2.45) is 0 Å². The lowest BCUT2D eigenvalue weighted by Gasteiger charge is -2.42. The topological polar surface area (TPSA) is 128 Å². The molecule has 10 heteroatoms. The van der Waals surface area contributed by atoms with Gasteiger partial charge in [0.05, 0.1) is 10.5 Å². The van der Waals surface area contributed by atoms with E-state index < -0.39 is 27.6 Å². The third-order valence-corrected chi connectivity index (χ3v) is 7.89. The molecule has 1 heterocycles. The van der Waals surface area contributed by atoms with Crippen molar-refractivity contribution in [3.8, 4) is 5.75 Å². The van der Waals surface area contributed by atoms with Gasteiger partial charge in [-0.3, -0.25) is 10.0 Å². The molecule has 9 nitrogen and oxygen atoms in total. The zero-order valence-corrected chi connectivity index (χ0v) is 20.1. The molecule has 0 unspecified atom stereocenters. The van der Waals surface area contributed by atoms with Gasteiger partial charge in [-0.05, 0) is 49.2 Å². The predicted octanol–water partition coefficient (Wildman–Crippen LogP) is 2.04. The minimum atomic E-state index is -4.06. The Morgan fingerprint density at radius 2 is 1.88 bits per heavy atom. The highest BCUT2D eigenvalue weighted by Crippen LogP contribution is 2.32. The van der Waals surface area contributed by atoms with Gasteiger partial charge in [-0.1, -0.05) is 43.7 Å². The van der Waals surface area contributed by atoms with Crippen LogP contribution in [0.3, 0.4) is 0 Å². The van der Waals surface area contributed by atoms with Crippen LogP contribution in [0.5, 0.6) is 5.75 Å². The molecule has 34 heavy (non-hydrogen) atoms. The second-order valence-electron chi connectivity index (χ2n) is 8.56. The minimum absolute atomic E-state index is 0.00168. The van der Waals surface area contributed by atoms with E-state index in [9.17, 15) is 23.5 Å². The van der Waals surface area contributed by atoms with Crippen molar-refractivity contribution in [2.75, 3.05) is 19.6 Å². The van der Waals surface area contributed by atoms with Gasteiger partial charge in [-0.15, -0.1) is 0 Å². The van der Waals surface area contributed by atoms with Gasteiger partial charge >= 0.3 is 0 Å². The number of hydrogen-bond donors (Lipinski definition) is 4. The van der Waals surface area contributed by atoms with E-state index in [1.165, 1.54) is 12.1 Å². The van der Waals surface area contributed by atoms with Crippen LogP contribution in [0.25, 0.3) is 0 Å². The second-order valence-corrected chi connectivity index (χ2v) is 10.5. The maximum Gasteiger partial charge on any atom is 0.261 e. The number of nitrogens with zero attached hydrogens (tertiary/aromatic N) is 1. The zero-order valence-electron chi connectivity index (χ0n) is 19.3. The number of carbonyl (C=O) groups excluding carboxylic acids is 1. The zero-order chi connectivity index (χ0) is 24.6. The van der Waals surface area contributed by atoms with Crippen LogP contribution < -0.4 is 15.5 Å². The monoisotopic (exact) mass is 491 g/mol. The molecule has 2 atom stereocenters. The molecule has 0 saturated carbocycles. The van der Waals surface area contributed by atoms with E-state index in [1.807, 2.05) is 30.3 Å². The number of piperidine rings is 1. The summed E-state index contributed by atoms with van der Waals surface area (Å²) in [6.07, 6.45) is 1.99. The lowest BCUT2D eigenvalue weighted by molar-refractivity contribution is -0.138. The molecule has 1 aliphatic rings. The third-order valence-electron chi connectivity index (χ3n) is 5.97. The number of rotatable bonds is 11. The molecular formula is C24H33N3O6S. The largest absolute Gasteiger partial charge is 0.489 e. The first kappa shape index (κ1) is 26.1. The first-order chi connectivity index (χ1) is 16.3. The number of amides is 1. The van der Waals surface area contributed by atoms with Crippen LogP contribution in [0.4, 0.5) is 0 Å². The van der Waals surface area contributed by atoms with Crippen LogP contribution in [0.1, 0.15) is 38.2 Å². The molecule has 2 aromatic rings. The van der Waals surface area contributed by atoms with Crippen LogP contribution in [0, 0.1) is 0 Å². The first-order valence-electron chi connectivity index (χ1n) is 11.4. The summed E-state index contributed by atoms with van der Waals surface area (Å²) in [6, 6.07) is 14.3. The van der Waals surface area contributed by atoms with Gasteiger partial charge in [0.15, 0.2) is 0 Å². The summed E-state index contributed by atoms with van der Waals surface area (Å²) in [4.78, 5) is 12.4. The van der Waals surface area contributed by atoms with E-state index in [1.54, 1.807) is 17.6 Å². The van der Waals surface area contributed by atoms with Crippen molar-refractivity contribution >= 4 is 15.9 Å². The summed E-state index contributed by atoms with van der Waals surface area (Å²) in [5.41, 5.74) is 1.28. The Hall–Kier alpha value is -2.50. The highest BCUT2D eigenvalue weighted by Gasteiger charge is 2.46. The van der Waals surface area contributed by atoms with Crippen LogP contribution in [-0.4, -0.2) is 60.2 Å². The summed E-state index contributed by atoms with van der Waals surface area (Å²) in [7, 11) is -4.06. The smallest absolute Gasteiger partial charge is 0.261 e. The van der Waals surface area contributed by atoms with Crippen LogP contribution in [0.2, 0.25) is 0 Å². The van der Waals surface area contributed by atoms with E-state index >= 15 is 0 Å². The molecule has 0 spiro atoms. The van der Waals surface area contributed by atoms with Crippen molar-refractivity contribution in [1.82, 2.24) is 15.1 Å². The van der Waals surface area contributed by atoms with Crippen molar-refractivity contribution in [3.63, 3.8) is 0 Å². The van der Waals surface area contributed by atoms with Gasteiger partial charge in [-0.25, -0.2) is 13.9 Å². The molecule has 1 amide bonds. The lowest BCUT2D eigenvalue weighted by Crippen LogP contribution is -2.60. The number of carbonyl (C=O) groups is 1. The highest BCUT2D eigenvalue weighted by atomic mass is 32.2.